The summed E-state index contributed by atoms with van der Waals surface area (Å²) in [7, 11) is -9.88. The van der Waals surface area contributed by atoms with E-state index in [1.54, 1.807) is 0 Å². The molecule has 498 valence electrons. The number of aliphatic hydroxyl groups is 1. The number of hydrogen-bond acceptors (Lipinski definition) is 15. The predicted molar refractivity (Wildman–Crippen MR) is 335 cm³/mol. The van der Waals surface area contributed by atoms with Crippen LogP contribution in [0.15, 0.2) is 0 Å². The number of phosphoric ester groups is 2. The number of phosphoric acid groups is 2. The maximum atomic E-state index is 13.0. The van der Waals surface area contributed by atoms with Gasteiger partial charge in [0.25, 0.3) is 0 Å². The van der Waals surface area contributed by atoms with E-state index >= 15 is 0 Å². The second-order valence-corrected chi connectivity index (χ2v) is 27.8. The Morgan fingerprint density at radius 1 is 0.321 bits per heavy atom. The fourth-order valence-corrected chi connectivity index (χ4v) is 11.2. The first-order valence-electron chi connectivity index (χ1n) is 33.8. The minimum Gasteiger partial charge on any atom is -0.462 e. The highest BCUT2D eigenvalue weighted by atomic mass is 31.2. The van der Waals surface area contributed by atoms with Crippen molar-refractivity contribution in [2.75, 3.05) is 39.6 Å². The molecule has 84 heavy (non-hydrogen) atoms. The van der Waals surface area contributed by atoms with Crippen LogP contribution in [0.4, 0.5) is 0 Å². The van der Waals surface area contributed by atoms with E-state index in [0.29, 0.717) is 25.7 Å². The maximum Gasteiger partial charge on any atom is 0.472 e. The second-order valence-electron chi connectivity index (χ2n) is 24.9. The van der Waals surface area contributed by atoms with Gasteiger partial charge >= 0.3 is 39.5 Å². The number of rotatable bonds is 63. The topological polar surface area (TPSA) is 237 Å². The summed E-state index contributed by atoms with van der Waals surface area (Å²) in [5.74, 6) is 0.110. The molecule has 0 aliphatic carbocycles. The van der Waals surface area contributed by atoms with Crippen LogP contribution in [0.2, 0.25) is 0 Å². The highest BCUT2D eigenvalue weighted by molar-refractivity contribution is 7.47. The summed E-state index contributed by atoms with van der Waals surface area (Å²) in [4.78, 5) is 72.0. The molecule has 0 heterocycles. The molecule has 0 aromatic carbocycles. The third kappa shape index (κ3) is 59.0. The average molecular weight is 1240 g/mol. The van der Waals surface area contributed by atoms with Crippen LogP contribution in [0.5, 0.6) is 0 Å². The summed E-state index contributed by atoms with van der Waals surface area (Å²) in [6, 6.07) is 0. The number of carbonyl (C=O) groups excluding carboxylic acids is 4. The zero-order chi connectivity index (χ0) is 62.4. The first kappa shape index (κ1) is 82.1. The SMILES string of the molecule is CCCCCCCC(=O)OC[C@H](COP(=O)(O)OC[C@H](O)COP(=O)(O)OC[C@@H](COC(=O)CCCCCCCCCCCCCC(C)C)OC(=O)CCCCCCCCCCCCCC(C)C)OC(=O)CCCCCCCCCCC(C)C. The Balaban J connectivity index is 5.18. The van der Waals surface area contributed by atoms with Crippen molar-refractivity contribution in [3.05, 3.63) is 0 Å². The van der Waals surface area contributed by atoms with Crippen molar-refractivity contribution in [2.24, 2.45) is 17.8 Å². The van der Waals surface area contributed by atoms with Gasteiger partial charge in [0.15, 0.2) is 12.2 Å². The lowest BCUT2D eigenvalue weighted by atomic mass is 10.0. The molecule has 0 aromatic rings. The van der Waals surface area contributed by atoms with Gasteiger partial charge in [-0.1, -0.05) is 267 Å². The molecule has 0 bridgehead atoms. The van der Waals surface area contributed by atoms with Crippen molar-refractivity contribution < 1.29 is 80.2 Å². The normalized spacial score (nSPS) is 14.3. The average Bonchev–Trinajstić information content (AvgIpc) is 3.47. The van der Waals surface area contributed by atoms with Crippen LogP contribution >= 0.6 is 15.6 Å². The Morgan fingerprint density at radius 2 is 0.548 bits per heavy atom. The van der Waals surface area contributed by atoms with Crippen LogP contribution < -0.4 is 0 Å². The van der Waals surface area contributed by atoms with E-state index in [1.807, 2.05) is 0 Å². The highest BCUT2D eigenvalue weighted by Gasteiger charge is 2.30. The van der Waals surface area contributed by atoms with Crippen molar-refractivity contribution in [3.8, 4) is 0 Å². The quantitative estimate of drug-likeness (QED) is 0.0222. The van der Waals surface area contributed by atoms with E-state index in [2.05, 4.69) is 48.5 Å². The highest BCUT2D eigenvalue weighted by Crippen LogP contribution is 2.45. The minimum absolute atomic E-state index is 0.103. The lowest BCUT2D eigenvalue weighted by molar-refractivity contribution is -0.161. The van der Waals surface area contributed by atoms with E-state index in [1.165, 1.54) is 122 Å². The van der Waals surface area contributed by atoms with E-state index in [0.717, 1.165) is 114 Å². The summed E-state index contributed by atoms with van der Waals surface area (Å²) in [6.07, 6.45) is 37.9. The zero-order valence-electron chi connectivity index (χ0n) is 54.4. The van der Waals surface area contributed by atoms with Gasteiger partial charge in [0.05, 0.1) is 26.4 Å². The Bertz CT molecular complexity index is 1660. The lowest BCUT2D eigenvalue weighted by Crippen LogP contribution is -2.30. The third-order valence-corrected chi connectivity index (χ3v) is 16.8. The Kier molecular flexibility index (Phi) is 55.0. The minimum atomic E-state index is -4.95. The molecular weight excluding hydrogens is 1110 g/mol. The molecule has 5 atom stereocenters. The number of hydrogen-bond donors (Lipinski definition) is 3. The van der Waals surface area contributed by atoms with Gasteiger partial charge in [-0.3, -0.25) is 37.3 Å². The zero-order valence-corrected chi connectivity index (χ0v) is 56.1. The van der Waals surface area contributed by atoms with Gasteiger partial charge in [-0.15, -0.1) is 0 Å². The van der Waals surface area contributed by atoms with Gasteiger partial charge in [-0.25, -0.2) is 9.13 Å². The molecule has 0 saturated carbocycles. The Morgan fingerprint density at radius 3 is 0.810 bits per heavy atom. The molecule has 0 saturated heterocycles. The molecule has 0 spiro atoms. The van der Waals surface area contributed by atoms with Crippen molar-refractivity contribution in [3.63, 3.8) is 0 Å². The van der Waals surface area contributed by atoms with Gasteiger partial charge in [0, 0.05) is 25.7 Å². The molecule has 0 aliphatic rings. The van der Waals surface area contributed by atoms with E-state index in [-0.39, 0.29) is 25.7 Å². The number of esters is 4. The molecule has 0 aliphatic heterocycles. The number of unbranched alkanes of at least 4 members (excludes halogenated alkanes) is 31. The largest absolute Gasteiger partial charge is 0.472 e. The molecule has 2 unspecified atom stereocenters. The summed E-state index contributed by atoms with van der Waals surface area (Å²) < 4.78 is 67.9. The molecule has 0 aromatic heterocycles. The molecule has 0 fully saturated rings. The Hall–Kier alpha value is -1.94. The fourth-order valence-electron chi connectivity index (χ4n) is 9.66. The smallest absolute Gasteiger partial charge is 0.462 e. The molecule has 19 heteroatoms. The molecule has 3 N–H and O–H groups in total. The van der Waals surface area contributed by atoms with Gasteiger partial charge in [0.2, 0.25) is 0 Å². The third-order valence-electron chi connectivity index (χ3n) is 14.9. The fraction of sp³-hybridized carbons (Fsp3) is 0.938. The van der Waals surface area contributed by atoms with Crippen LogP contribution in [0.3, 0.4) is 0 Å². The van der Waals surface area contributed by atoms with Crippen LogP contribution in [0.1, 0.15) is 318 Å². The van der Waals surface area contributed by atoms with Crippen molar-refractivity contribution in [2.45, 2.75) is 336 Å². The Labute approximate surface area is 511 Å². The van der Waals surface area contributed by atoms with Gasteiger partial charge in [-0.05, 0) is 43.4 Å². The molecular formula is C65H126O17P2. The molecule has 0 amide bonds. The van der Waals surface area contributed by atoms with E-state index < -0.39 is 97.5 Å². The van der Waals surface area contributed by atoms with Crippen molar-refractivity contribution in [1.82, 2.24) is 0 Å². The summed E-state index contributed by atoms with van der Waals surface area (Å²) in [6.45, 7) is 11.7. The number of carbonyl (C=O) groups is 4. The number of ether oxygens (including phenoxy) is 4. The lowest BCUT2D eigenvalue weighted by Gasteiger charge is -2.21. The summed E-state index contributed by atoms with van der Waals surface area (Å²) in [5, 5.41) is 10.5. The number of aliphatic hydroxyl groups excluding tert-OH is 1. The predicted octanol–water partition coefficient (Wildman–Crippen LogP) is 17.9. The van der Waals surface area contributed by atoms with Gasteiger partial charge < -0.3 is 33.8 Å². The monoisotopic (exact) mass is 1240 g/mol. The summed E-state index contributed by atoms with van der Waals surface area (Å²) in [5.41, 5.74) is 0. The first-order chi connectivity index (χ1) is 40.2. The van der Waals surface area contributed by atoms with Crippen LogP contribution in [-0.2, 0) is 65.4 Å². The first-order valence-corrected chi connectivity index (χ1v) is 36.8. The maximum absolute atomic E-state index is 13.0. The van der Waals surface area contributed by atoms with E-state index in [9.17, 15) is 43.2 Å². The molecule has 0 rings (SSSR count). The van der Waals surface area contributed by atoms with E-state index in [4.69, 9.17) is 37.0 Å². The summed E-state index contributed by atoms with van der Waals surface area (Å²) >= 11 is 0. The standard InChI is InChI=1S/C65H126O17P2/c1-8-9-10-29-39-46-62(67)75-52-60(81-65(70)49-42-35-28-22-21-25-32-38-45-58(6)7)54-79-83(71,72)77-50-59(66)51-78-84(73,74)80-55-61(82-64(69)48-41-34-27-20-16-12-14-18-24-31-37-44-57(4)5)53-76-63(68)47-40-33-26-19-15-11-13-17-23-30-36-43-56(2)3/h56-61,66H,8-55H2,1-7H3,(H,71,72)(H,73,74)/t59-,60+,61+/m0/s1. The molecule has 0 radical (unpaired) electrons. The van der Waals surface area contributed by atoms with Crippen molar-refractivity contribution >= 4 is 39.5 Å². The van der Waals surface area contributed by atoms with Gasteiger partial charge in [-0.2, -0.15) is 0 Å². The second kappa shape index (κ2) is 56.3. The molecule has 17 nitrogen and oxygen atoms in total. The van der Waals surface area contributed by atoms with Crippen molar-refractivity contribution in [1.29, 1.82) is 0 Å². The van der Waals surface area contributed by atoms with Gasteiger partial charge in [0.1, 0.15) is 19.3 Å². The van der Waals surface area contributed by atoms with Crippen LogP contribution in [0.25, 0.3) is 0 Å². The van der Waals surface area contributed by atoms with Crippen LogP contribution in [-0.4, -0.2) is 96.7 Å². The van der Waals surface area contributed by atoms with Crippen LogP contribution in [0, 0.1) is 17.8 Å².